The molecule has 31 heavy (non-hydrogen) atoms. The summed E-state index contributed by atoms with van der Waals surface area (Å²) in [4.78, 5) is 18.5. The van der Waals surface area contributed by atoms with Crippen LogP contribution in [0.25, 0.3) is 0 Å². The van der Waals surface area contributed by atoms with Crippen LogP contribution in [-0.2, 0) is 11.2 Å². The van der Waals surface area contributed by atoms with E-state index in [1.807, 2.05) is 41.0 Å². The number of carbonyl (C=O) groups excluding carboxylic acids is 1. The quantitative estimate of drug-likeness (QED) is 0.538. The van der Waals surface area contributed by atoms with Gasteiger partial charge in [-0.2, -0.15) is 0 Å². The van der Waals surface area contributed by atoms with Crippen molar-refractivity contribution in [1.82, 2.24) is 9.80 Å². The van der Waals surface area contributed by atoms with Crippen molar-refractivity contribution in [3.8, 4) is 11.5 Å². The zero-order valence-corrected chi connectivity index (χ0v) is 19.1. The zero-order valence-electron chi connectivity index (χ0n) is 18.3. The van der Waals surface area contributed by atoms with Crippen LogP contribution < -0.4 is 9.47 Å². The summed E-state index contributed by atoms with van der Waals surface area (Å²) >= 11 is 1.73. The number of methoxy groups -OCH3 is 1. The molecular weight excluding hydrogens is 412 g/mol. The van der Waals surface area contributed by atoms with Crippen LogP contribution >= 0.6 is 11.3 Å². The van der Waals surface area contributed by atoms with Gasteiger partial charge in [0.2, 0.25) is 5.91 Å². The second-order valence-corrected chi connectivity index (χ2v) is 8.66. The van der Waals surface area contributed by atoms with Crippen LogP contribution in [0.1, 0.15) is 29.8 Å². The van der Waals surface area contributed by atoms with Crippen molar-refractivity contribution in [3.63, 3.8) is 0 Å². The van der Waals surface area contributed by atoms with E-state index in [0.29, 0.717) is 44.2 Å². The molecule has 0 spiro atoms. The summed E-state index contributed by atoms with van der Waals surface area (Å²) in [6.45, 7) is 8.00. The van der Waals surface area contributed by atoms with Gasteiger partial charge in [0, 0.05) is 24.5 Å². The average Bonchev–Trinajstić information content (AvgIpc) is 3.26. The molecule has 7 heteroatoms. The van der Waals surface area contributed by atoms with Crippen LogP contribution in [0.5, 0.6) is 11.5 Å². The van der Waals surface area contributed by atoms with Gasteiger partial charge in [0.25, 0.3) is 0 Å². The van der Waals surface area contributed by atoms with Crippen molar-refractivity contribution >= 4 is 17.2 Å². The lowest BCUT2D eigenvalue weighted by atomic mass is 10.0. The number of benzene rings is 1. The largest absolute Gasteiger partial charge is 0.493 e. The first kappa shape index (κ1) is 23.3. The van der Waals surface area contributed by atoms with Crippen LogP contribution in [0, 0.1) is 0 Å². The van der Waals surface area contributed by atoms with Gasteiger partial charge in [0.1, 0.15) is 6.61 Å². The number of fused-ring (bicyclic) bond motifs is 1. The Bertz CT molecular complexity index is 869. The SMILES string of the molecule is C=CCN(CC(=O)N1CCc2sccc2[C@@H]1COc1ccccc1OC)C[C@H](O)CC. The molecule has 2 heterocycles. The lowest BCUT2D eigenvalue weighted by Crippen LogP contribution is -2.47. The predicted molar refractivity (Wildman–Crippen MR) is 124 cm³/mol. The number of rotatable bonds is 11. The third-order valence-corrected chi connectivity index (χ3v) is 6.56. The number of ether oxygens (including phenoxy) is 2. The van der Waals surface area contributed by atoms with Crippen LogP contribution in [0.4, 0.5) is 0 Å². The maximum Gasteiger partial charge on any atom is 0.237 e. The normalized spacial score (nSPS) is 16.6. The summed E-state index contributed by atoms with van der Waals surface area (Å²) in [6, 6.07) is 9.48. The number of hydrogen-bond acceptors (Lipinski definition) is 6. The molecular formula is C24H32N2O4S. The molecule has 0 aliphatic carbocycles. The van der Waals surface area contributed by atoms with E-state index in [2.05, 4.69) is 18.0 Å². The summed E-state index contributed by atoms with van der Waals surface area (Å²) in [5, 5.41) is 12.1. The lowest BCUT2D eigenvalue weighted by molar-refractivity contribution is -0.136. The monoisotopic (exact) mass is 444 g/mol. The molecule has 0 saturated carbocycles. The van der Waals surface area contributed by atoms with Crippen LogP contribution in [0.3, 0.4) is 0 Å². The van der Waals surface area contributed by atoms with Gasteiger partial charge in [0.05, 0.1) is 25.8 Å². The first-order valence-corrected chi connectivity index (χ1v) is 11.6. The summed E-state index contributed by atoms with van der Waals surface area (Å²) in [6.07, 6.45) is 2.81. The second kappa shape index (κ2) is 11.3. The van der Waals surface area contributed by atoms with Gasteiger partial charge in [-0.1, -0.05) is 25.1 Å². The Labute approximate surface area is 188 Å². The molecule has 0 saturated heterocycles. The fourth-order valence-electron chi connectivity index (χ4n) is 3.88. The van der Waals surface area contributed by atoms with E-state index in [9.17, 15) is 9.90 Å². The first-order valence-electron chi connectivity index (χ1n) is 10.7. The number of aliphatic hydroxyl groups is 1. The first-order chi connectivity index (χ1) is 15.1. The Morgan fingerprint density at radius 3 is 2.87 bits per heavy atom. The zero-order chi connectivity index (χ0) is 22.2. The third kappa shape index (κ3) is 5.87. The molecule has 168 valence electrons. The minimum atomic E-state index is -0.456. The molecule has 1 aromatic carbocycles. The van der Waals surface area contributed by atoms with Crippen LogP contribution in [-0.4, -0.2) is 66.8 Å². The Balaban J connectivity index is 1.75. The van der Waals surface area contributed by atoms with Gasteiger partial charge in [-0.05, 0) is 42.0 Å². The van der Waals surface area contributed by atoms with Crippen LogP contribution in [0.2, 0.25) is 0 Å². The maximum absolute atomic E-state index is 13.3. The van der Waals surface area contributed by atoms with E-state index >= 15 is 0 Å². The standard InChI is InChI=1S/C24H32N2O4S/c1-4-12-25(15-18(27)5-2)16-24(28)26-13-10-23-19(11-14-31-23)20(26)17-30-22-9-7-6-8-21(22)29-3/h4,6-9,11,14,18,20,27H,1,5,10,12-13,15-17H2,2-3H3/t18-,20+/m1/s1. The molecule has 2 aromatic rings. The average molecular weight is 445 g/mol. The van der Waals surface area contributed by atoms with Crippen molar-refractivity contribution in [2.75, 3.05) is 39.9 Å². The summed E-state index contributed by atoms with van der Waals surface area (Å²) < 4.78 is 11.5. The molecule has 0 bridgehead atoms. The number of para-hydroxylation sites is 2. The van der Waals surface area contributed by atoms with Gasteiger partial charge in [-0.15, -0.1) is 17.9 Å². The summed E-state index contributed by atoms with van der Waals surface area (Å²) in [5.41, 5.74) is 1.16. The van der Waals surface area contributed by atoms with E-state index < -0.39 is 6.10 Å². The Morgan fingerprint density at radius 2 is 2.16 bits per heavy atom. The van der Waals surface area contributed by atoms with Gasteiger partial charge in [-0.3, -0.25) is 9.69 Å². The second-order valence-electron chi connectivity index (χ2n) is 7.66. The topological polar surface area (TPSA) is 62.2 Å². The van der Waals surface area contributed by atoms with Gasteiger partial charge < -0.3 is 19.5 Å². The van der Waals surface area contributed by atoms with Crippen molar-refractivity contribution in [3.05, 3.63) is 58.8 Å². The Kier molecular flexibility index (Phi) is 8.51. The molecule has 0 unspecified atom stereocenters. The molecule has 1 aliphatic rings. The highest BCUT2D eigenvalue weighted by molar-refractivity contribution is 7.10. The molecule has 1 N–H and O–H groups in total. The highest BCUT2D eigenvalue weighted by Gasteiger charge is 2.33. The van der Waals surface area contributed by atoms with E-state index in [1.54, 1.807) is 24.5 Å². The Morgan fingerprint density at radius 1 is 1.39 bits per heavy atom. The smallest absolute Gasteiger partial charge is 0.237 e. The number of hydrogen-bond donors (Lipinski definition) is 1. The van der Waals surface area contributed by atoms with E-state index in [0.717, 1.165) is 12.0 Å². The van der Waals surface area contributed by atoms with Gasteiger partial charge in [-0.25, -0.2) is 0 Å². The van der Waals surface area contributed by atoms with Crippen molar-refractivity contribution in [1.29, 1.82) is 0 Å². The van der Waals surface area contributed by atoms with Crippen LogP contribution in [0.15, 0.2) is 48.4 Å². The fourth-order valence-corrected chi connectivity index (χ4v) is 4.81. The van der Waals surface area contributed by atoms with E-state index in [4.69, 9.17) is 9.47 Å². The lowest BCUT2D eigenvalue weighted by Gasteiger charge is -2.37. The van der Waals surface area contributed by atoms with Gasteiger partial charge in [0.15, 0.2) is 11.5 Å². The molecule has 0 radical (unpaired) electrons. The molecule has 2 atom stereocenters. The molecule has 1 amide bonds. The Hall–Kier alpha value is -2.35. The summed E-state index contributed by atoms with van der Waals surface area (Å²) in [5.74, 6) is 1.38. The van der Waals surface area contributed by atoms with Gasteiger partial charge >= 0.3 is 0 Å². The molecule has 3 rings (SSSR count). The highest BCUT2D eigenvalue weighted by Crippen LogP contribution is 2.35. The third-order valence-electron chi connectivity index (χ3n) is 5.57. The minimum Gasteiger partial charge on any atom is -0.493 e. The van der Waals surface area contributed by atoms with Crippen molar-refractivity contribution in [2.45, 2.75) is 31.9 Å². The minimum absolute atomic E-state index is 0.0376. The highest BCUT2D eigenvalue weighted by atomic mass is 32.1. The fraction of sp³-hybridized carbons (Fsp3) is 0.458. The number of amides is 1. The number of aliphatic hydroxyl groups excluding tert-OH is 1. The molecule has 1 aromatic heterocycles. The van der Waals surface area contributed by atoms with E-state index in [-0.39, 0.29) is 18.5 Å². The number of nitrogens with zero attached hydrogens (tertiary/aromatic N) is 2. The number of thiophene rings is 1. The molecule has 0 fully saturated rings. The molecule has 6 nitrogen and oxygen atoms in total. The van der Waals surface area contributed by atoms with Crippen molar-refractivity contribution < 1.29 is 19.4 Å². The summed E-state index contributed by atoms with van der Waals surface area (Å²) in [7, 11) is 1.62. The number of carbonyl (C=O) groups is 1. The molecule has 1 aliphatic heterocycles. The maximum atomic E-state index is 13.3. The predicted octanol–water partition coefficient (Wildman–Crippen LogP) is 3.52. The van der Waals surface area contributed by atoms with Crippen molar-refractivity contribution in [2.24, 2.45) is 0 Å². The van der Waals surface area contributed by atoms with E-state index in [1.165, 1.54) is 4.88 Å².